The van der Waals surface area contributed by atoms with Crippen molar-refractivity contribution in [2.45, 2.75) is 58.3 Å². The van der Waals surface area contributed by atoms with Crippen LogP contribution in [0.3, 0.4) is 0 Å². The summed E-state index contributed by atoms with van der Waals surface area (Å²) in [4.78, 5) is 29.3. The fourth-order valence-electron chi connectivity index (χ4n) is 1.43. The Morgan fingerprint density at radius 1 is 0.850 bits per heavy atom. The van der Waals surface area contributed by atoms with Gasteiger partial charge in [0.15, 0.2) is 0 Å². The largest absolute Gasteiger partial charge is 0.481 e. The molecule has 0 rings (SSSR count). The summed E-state index contributed by atoms with van der Waals surface area (Å²) in [5.41, 5.74) is 0. The molecule has 0 heterocycles. The Balaban J connectivity index is 0. The zero-order valence-corrected chi connectivity index (χ0v) is 11.9. The number of rotatable bonds is 10. The van der Waals surface area contributed by atoms with Gasteiger partial charge >= 0.3 is 11.9 Å². The Morgan fingerprint density at radius 2 is 1.30 bits per heavy atom. The Kier molecular flexibility index (Phi) is 15.6. The SMILES string of the molecule is CC(=O)O.O=C(O)C=CCCCCCCCCC(=O)O. The molecule has 0 aliphatic heterocycles. The Morgan fingerprint density at radius 3 is 1.75 bits per heavy atom. The van der Waals surface area contributed by atoms with Gasteiger partial charge in [-0.15, -0.1) is 0 Å². The van der Waals surface area contributed by atoms with Gasteiger partial charge in [0.25, 0.3) is 5.97 Å². The third kappa shape index (κ3) is 29.8. The van der Waals surface area contributed by atoms with E-state index >= 15 is 0 Å². The third-order valence-corrected chi connectivity index (χ3v) is 2.27. The number of allylic oxidation sites excluding steroid dienone is 1. The van der Waals surface area contributed by atoms with Gasteiger partial charge < -0.3 is 15.3 Å². The van der Waals surface area contributed by atoms with E-state index in [-0.39, 0.29) is 6.42 Å². The molecule has 0 atom stereocenters. The molecular weight excluding hydrogens is 264 g/mol. The summed E-state index contributed by atoms with van der Waals surface area (Å²) in [6.07, 6.45) is 9.89. The minimum absolute atomic E-state index is 0.265. The highest BCUT2D eigenvalue weighted by Gasteiger charge is 1.96. The second-order valence-corrected chi connectivity index (χ2v) is 4.31. The van der Waals surface area contributed by atoms with Crippen LogP contribution in [0.2, 0.25) is 0 Å². The summed E-state index contributed by atoms with van der Waals surface area (Å²) in [5, 5.41) is 24.1. The van der Waals surface area contributed by atoms with Crippen molar-refractivity contribution >= 4 is 17.9 Å². The fraction of sp³-hybridized carbons (Fsp3) is 0.643. The van der Waals surface area contributed by atoms with Crippen LogP contribution >= 0.6 is 0 Å². The van der Waals surface area contributed by atoms with E-state index in [2.05, 4.69) is 0 Å². The minimum Gasteiger partial charge on any atom is -0.481 e. The highest BCUT2D eigenvalue weighted by molar-refractivity contribution is 5.79. The van der Waals surface area contributed by atoms with Crippen LogP contribution < -0.4 is 0 Å². The van der Waals surface area contributed by atoms with Gasteiger partial charge in [0, 0.05) is 19.4 Å². The first-order valence-corrected chi connectivity index (χ1v) is 6.67. The van der Waals surface area contributed by atoms with Gasteiger partial charge in [-0.05, 0) is 19.3 Å². The van der Waals surface area contributed by atoms with Crippen LogP contribution in [-0.2, 0) is 14.4 Å². The summed E-state index contributed by atoms with van der Waals surface area (Å²) in [6, 6.07) is 0. The van der Waals surface area contributed by atoms with Gasteiger partial charge in [0.1, 0.15) is 0 Å². The smallest absolute Gasteiger partial charge is 0.327 e. The molecule has 0 aromatic heterocycles. The lowest BCUT2D eigenvalue weighted by Crippen LogP contribution is -1.93. The molecule has 0 radical (unpaired) electrons. The number of carboxylic acids is 3. The molecule has 6 heteroatoms. The number of aliphatic carboxylic acids is 3. The Labute approximate surface area is 119 Å². The predicted octanol–water partition coefficient (Wildman–Crippen LogP) is 2.92. The van der Waals surface area contributed by atoms with Crippen molar-refractivity contribution in [2.24, 2.45) is 0 Å². The average Bonchev–Trinajstić information content (AvgIpc) is 2.30. The zero-order chi connectivity index (χ0) is 15.8. The highest BCUT2D eigenvalue weighted by atomic mass is 16.4. The molecule has 116 valence electrons. The molecule has 0 bridgehead atoms. The Bertz CT molecular complexity index is 305. The van der Waals surface area contributed by atoms with E-state index < -0.39 is 17.9 Å². The van der Waals surface area contributed by atoms with E-state index in [1.165, 1.54) is 6.08 Å². The van der Waals surface area contributed by atoms with E-state index in [0.717, 1.165) is 51.9 Å². The van der Waals surface area contributed by atoms with E-state index in [9.17, 15) is 9.59 Å². The number of carboxylic acid groups (broad SMARTS) is 3. The summed E-state index contributed by atoms with van der Waals surface area (Å²) in [6.45, 7) is 1.08. The lowest BCUT2D eigenvalue weighted by atomic mass is 10.1. The first-order valence-electron chi connectivity index (χ1n) is 6.67. The van der Waals surface area contributed by atoms with Crippen LogP contribution in [0.15, 0.2) is 12.2 Å². The molecule has 0 fully saturated rings. The number of carbonyl (C=O) groups is 3. The van der Waals surface area contributed by atoms with E-state index in [1.54, 1.807) is 6.08 Å². The normalized spacial score (nSPS) is 9.85. The quantitative estimate of drug-likeness (QED) is 0.421. The van der Waals surface area contributed by atoms with Crippen LogP contribution in [-0.4, -0.2) is 33.2 Å². The van der Waals surface area contributed by atoms with E-state index in [0.29, 0.717) is 0 Å². The first-order chi connectivity index (χ1) is 9.36. The molecule has 3 N–H and O–H groups in total. The molecule has 20 heavy (non-hydrogen) atoms. The van der Waals surface area contributed by atoms with Crippen molar-refractivity contribution in [1.82, 2.24) is 0 Å². The molecule has 6 nitrogen and oxygen atoms in total. The predicted molar refractivity (Wildman–Crippen MR) is 74.7 cm³/mol. The monoisotopic (exact) mass is 288 g/mol. The van der Waals surface area contributed by atoms with Crippen LogP contribution in [0.25, 0.3) is 0 Å². The molecule has 0 aliphatic carbocycles. The number of hydrogen-bond donors (Lipinski definition) is 3. The summed E-state index contributed by atoms with van der Waals surface area (Å²) in [7, 11) is 0. The summed E-state index contributed by atoms with van der Waals surface area (Å²) >= 11 is 0. The maximum Gasteiger partial charge on any atom is 0.327 e. The first kappa shape index (κ1) is 20.5. The topological polar surface area (TPSA) is 112 Å². The van der Waals surface area contributed by atoms with E-state index in [1.807, 2.05) is 0 Å². The van der Waals surface area contributed by atoms with Crippen molar-refractivity contribution in [2.75, 3.05) is 0 Å². The molecule has 0 aromatic rings. The molecular formula is C14H24O6. The number of hydrogen-bond acceptors (Lipinski definition) is 3. The van der Waals surface area contributed by atoms with Gasteiger partial charge in [0.2, 0.25) is 0 Å². The van der Waals surface area contributed by atoms with Crippen molar-refractivity contribution in [1.29, 1.82) is 0 Å². The molecule has 0 unspecified atom stereocenters. The number of unbranched alkanes of at least 4 members (excludes halogenated alkanes) is 6. The molecule has 0 saturated carbocycles. The van der Waals surface area contributed by atoms with Gasteiger partial charge in [-0.2, -0.15) is 0 Å². The van der Waals surface area contributed by atoms with Gasteiger partial charge in [0.05, 0.1) is 0 Å². The van der Waals surface area contributed by atoms with Crippen molar-refractivity contribution in [3.63, 3.8) is 0 Å². The lowest BCUT2D eigenvalue weighted by Gasteiger charge is -1.98. The third-order valence-electron chi connectivity index (χ3n) is 2.27. The molecule has 0 aliphatic rings. The second kappa shape index (κ2) is 15.2. The fourth-order valence-corrected chi connectivity index (χ4v) is 1.43. The standard InChI is InChI=1S/C12H20O4.C2H4O2/c13-11(14)9-7-5-3-1-2-4-6-8-10-12(15)16;1-2(3)4/h7,9H,1-6,8,10H2,(H,13,14)(H,15,16);1H3,(H,3,4). The Hall–Kier alpha value is -1.85. The van der Waals surface area contributed by atoms with Crippen LogP contribution in [0, 0.1) is 0 Å². The van der Waals surface area contributed by atoms with Gasteiger partial charge in [-0.1, -0.05) is 31.8 Å². The van der Waals surface area contributed by atoms with E-state index in [4.69, 9.17) is 20.1 Å². The molecule has 0 amide bonds. The summed E-state index contributed by atoms with van der Waals surface area (Å²) < 4.78 is 0. The van der Waals surface area contributed by atoms with Crippen LogP contribution in [0.4, 0.5) is 0 Å². The van der Waals surface area contributed by atoms with Gasteiger partial charge in [-0.3, -0.25) is 9.59 Å². The van der Waals surface area contributed by atoms with Gasteiger partial charge in [-0.25, -0.2) is 4.79 Å². The van der Waals surface area contributed by atoms with Crippen molar-refractivity contribution in [3.8, 4) is 0 Å². The summed E-state index contributed by atoms with van der Waals surface area (Å²) in [5.74, 6) is -2.45. The molecule has 0 aromatic carbocycles. The van der Waals surface area contributed by atoms with Crippen LogP contribution in [0.1, 0.15) is 58.3 Å². The molecule has 0 spiro atoms. The lowest BCUT2D eigenvalue weighted by molar-refractivity contribution is -0.137. The maximum absolute atomic E-state index is 10.2. The second-order valence-electron chi connectivity index (χ2n) is 4.31. The van der Waals surface area contributed by atoms with Crippen molar-refractivity contribution < 1.29 is 29.7 Å². The minimum atomic E-state index is -0.895. The highest BCUT2D eigenvalue weighted by Crippen LogP contribution is 2.08. The van der Waals surface area contributed by atoms with Crippen molar-refractivity contribution in [3.05, 3.63) is 12.2 Å². The maximum atomic E-state index is 10.2. The molecule has 0 saturated heterocycles. The average molecular weight is 288 g/mol. The zero-order valence-electron chi connectivity index (χ0n) is 11.9. The van der Waals surface area contributed by atoms with Crippen LogP contribution in [0.5, 0.6) is 0 Å².